The van der Waals surface area contributed by atoms with Crippen LogP contribution in [0.1, 0.15) is 30.1 Å². The summed E-state index contributed by atoms with van der Waals surface area (Å²) in [6, 6.07) is 18.4. The first-order valence-electron chi connectivity index (χ1n) is 6.39. The van der Waals surface area contributed by atoms with Gasteiger partial charge in [-0.05, 0) is 12.5 Å². The maximum atomic E-state index is 6.18. The lowest BCUT2D eigenvalue weighted by atomic mass is 10.0. The second-order valence-electron chi connectivity index (χ2n) is 4.90. The normalized spacial score (nSPS) is 28.6. The van der Waals surface area contributed by atoms with E-state index in [1.54, 1.807) is 0 Å². The Labute approximate surface area is 106 Å². The van der Waals surface area contributed by atoms with Gasteiger partial charge in [0.2, 0.25) is 5.79 Å². The predicted octanol–water partition coefficient (Wildman–Crippen LogP) is 3.78. The Morgan fingerprint density at radius 1 is 0.944 bits per heavy atom. The molecule has 0 N–H and O–H groups in total. The van der Waals surface area contributed by atoms with Crippen LogP contribution in [0.25, 0.3) is 0 Å². The summed E-state index contributed by atoms with van der Waals surface area (Å²) in [7, 11) is 0. The lowest BCUT2D eigenvalue weighted by Gasteiger charge is -2.35. The Balaban J connectivity index is 1.83. The molecule has 2 unspecified atom stereocenters. The molecule has 0 aliphatic carbocycles. The molecule has 2 aromatic carbocycles. The largest absolute Gasteiger partial charge is 0.458 e. The van der Waals surface area contributed by atoms with E-state index in [1.165, 1.54) is 5.56 Å². The molecular formula is C16H14O2. The summed E-state index contributed by atoms with van der Waals surface area (Å²) in [5.41, 5.74) is 2.29. The fraction of sp³-hybridized carbons (Fsp3) is 0.250. The molecule has 1 saturated heterocycles. The number of hydrogen-bond donors (Lipinski definition) is 0. The van der Waals surface area contributed by atoms with Crippen molar-refractivity contribution in [3.8, 4) is 5.75 Å². The van der Waals surface area contributed by atoms with Gasteiger partial charge in [-0.2, -0.15) is 0 Å². The molecule has 2 heterocycles. The molecule has 1 fully saturated rings. The van der Waals surface area contributed by atoms with Crippen LogP contribution in [-0.4, -0.2) is 0 Å². The first kappa shape index (κ1) is 10.2. The Hall–Kier alpha value is -1.80. The summed E-state index contributed by atoms with van der Waals surface area (Å²) in [6.07, 6.45) is 2.11. The molecule has 18 heavy (non-hydrogen) atoms. The molecule has 2 nitrogen and oxygen atoms in total. The first-order valence-corrected chi connectivity index (χ1v) is 6.39. The molecule has 2 aromatic rings. The van der Waals surface area contributed by atoms with E-state index in [1.807, 2.05) is 36.4 Å². The van der Waals surface area contributed by atoms with Gasteiger partial charge in [0.1, 0.15) is 5.75 Å². The summed E-state index contributed by atoms with van der Waals surface area (Å²) in [5, 5.41) is 0. The SMILES string of the molecule is c1ccc(C23CCC(O2)c2ccccc2O3)cc1. The van der Waals surface area contributed by atoms with E-state index in [4.69, 9.17) is 9.47 Å². The van der Waals surface area contributed by atoms with Crippen LogP contribution in [0.5, 0.6) is 5.75 Å². The molecule has 2 bridgehead atoms. The van der Waals surface area contributed by atoms with Crippen LogP contribution < -0.4 is 4.74 Å². The van der Waals surface area contributed by atoms with Crippen LogP contribution in [0.3, 0.4) is 0 Å². The van der Waals surface area contributed by atoms with Crippen LogP contribution >= 0.6 is 0 Å². The summed E-state index contributed by atoms with van der Waals surface area (Å²) < 4.78 is 12.3. The van der Waals surface area contributed by atoms with Gasteiger partial charge in [-0.3, -0.25) is 0 Å². The summed E-state index contributed by atoms with van der Waals surface area (Å²) in [4.78, 5) is 0. The van der Waals surface area contributed by atoms with Crippen molar-refractivity contribution >= 4 is 0 Å². The molecule has 4 rings (SSSR count). The molecule has 2 atom stereocenters. The van der Waals surface area contributed by atoms with Gasteiger partial charge < -0.3 is 9.47 Å². The van der Waals surface area contributed by atoms with Crippen molar-refractivity contribution in [2.24, 2.45) is 0 Å². The average Bonchev–Trinajstić information content (AvgIpc) is 2.80. The van der Waals surface area contributed by atoms with E-state index in [0.717, 1.165) is 24.2 Å². The highest BCUT2D eigenvalue weighted by molar-refractivity contribution is 5.40. The number of ether oxygens (including phenoxy) is 2. The quantitative estimate of drug-likeness (QED) is 0.752. The van der Waals surface area contributed by atoms with Gasteiger partial charge in [0.15, 0.2) is 0 Å². The zero-order chi connectivity index (χ0) is 12.0. The van der Waals surface area contributed by atoms with E-state index in [0.29, 0.717) is 0 Å². The van der Waals surface area contributed by atoms with Crippen molar-refractivity contribution in [1.29, 1.82) is 0 Å². The highest BCUT2D eigenvalue weighted by atomic mass is 16.7. The molecule has 2 aliphatic heterocycles. The molecule has 2 heteroatoms. The standard InChI is InChI=1S/C16H14O2/c1-2-6-12(7-3-1)16-11-10-15(18-16)13-8-4-5-9-14(13)17-16/h1-9,15H,10-11H2. The number of para-hydroxylation sites is 1. The van der Waals surface area contributed by atoms with Gasteiger partial charge in [-0.25, -0.2) is 0 Å². The second kappa shape index (κ2) is 3.59. The zero-order valence-electron chi connectivity index (χ0n) is 10.0. The van der Waals surface area contributed by atoms with Gasteiger partial charge in [-0.1, -0.05) is 48.5 Å². The summed E-state index contributed by atoms with van der Waals surface area (Å²) in [5.74, 6) is 0.399. The fourth-order valence-electron chi connectivity index (χ4n) is 2.94. The Kier molecular flexibility index (Phi) is 2.03. The average molecular weight is 238 g/mol. The van der Waals surface area contributed by atoms with Crippen molar-refractivity contribution in [2.75, 3.05) is 0 Å². The third-order valence-electron chi connectivity index (χ3n) is 3.82. The predicted molar refractivity (Wildman–Crippen MR) is 68.3 cm³/mol. The highest BCUT2D eigenvalue weighted by Gasteiger charge is 2.48. The number of benzene rings is 2. The molecular weight excluding hydrogens is 224 g/mol. The van der Waals surface area contributed by atoms with Gasteiger partial charge in [0.25, 0.3) is 0 Å². The van der Waals surface area contributed by atoms with E-state index >= 15 is 0 Å². The number of hydrogen-bond acceptors (Lipinski definition) is 2. The Morgan fingerprint density at radius 2 is 1.72 bits per heavy atom. The van der Waals surface area contributed by atoms with Gasteiger partial charge >= 0.3 is 0 Å². The fourth-order valence-corrected chi connectivity index (χ4v) is 2.94. The summed E-state index contributed by atoms with van der Waals surface area (Å²) >= 11 is 0. The van der Waals surface area contributed by atoms with E-state index in [2.05, 4.69) is 18.2 Å². The van der Waals surface area contributed by atoms with E-state index < -0.39 is 5.79 Å². The van der Waals surface area contributed by atoms with Crippen molar-refractivity contribution in [3.63, 3.8) is 0 Å². The van der Waals surface area contributed by atoms with Crippen LogP contribution in [0, 0.1) is 0 Å². The minimum atomic E-state index is -0.569. The number of fused-ring (bicyclic) bond motifs is 4. The Bertz CT molecular complexity index is 579. The van der Waals surface area contributed by atoms with Gasteiger partial charge in [0.05, 0.1) is 6.10 Å². The van der Waals surface area contributed by atoms with Crippen molar-refractivity contribution < 1.29 is 9.47 Å². The van der Waals surface area contributed by atoms with Crippen molar-refractivity contribution in [3.05, 3.63) is 65.7 Å². The lowest BCUT2D eigenvalue weighted by molar-refractivity contribution is -0.197. The maximum absolute atomic E-state index is 6.18. The third-order valence-corrected chi connectivity index (χ3v) is 3.82. The van der Waals surface area contributed by atoms with Crippen LogP contribution in [0.15, 0.2) is 54.6 Å². The lowest BCUT2D eigenvalue weighted by Crippen LogP contribution is -2.35. The second-order valence-corrected chi connectivity index (χ2v) is 4.90. The van der Waals surface area contributed by atoms with Crippen LogP contribution in [0.2, 0.25) is 0 Å². The monoisotopic (exact) mass is 238 g/mol. The Morgan fingerprint density at radius 3 is 2.61 bits per heavy atom. The van der Waals surface area contributed by atoms with Gasteiger partial charge in [0, 0.05) is 17.5 Å². The van der Waals surface area contributed by atoms with Crippen LogP contribution in [-0.2, 0) is 10.5 Å². The molecule has 90 valence electrons. The molecule has 0 spiro atoms. The van der Waals surface area contributed by atoms with E-state index in [9.17, 15) is 0 Å². The molecule has 0 amide bonds. The smallest absolute Gasteiger partial charge is 0.238 e. The van der Waals surface area contributed by atoms with Crippen molar-refractivity contribution in [2.45, 2.75) is 24.7 Å². The highest BCUT2D eigenvalue weighted by Crippen LogP contribution is 2.53. The van der Waals surface area contributed by atoms with Gasteiger partial charge in [-0.15, -0.1) is 0 Å². The topological polar surface area (TPSA) is 18.5 Å². The van der Waals surface area contributed by atoms with Crippen molar-refractivity contribution in [1.82, 2.24) is 0 Å². The molecule has 0 aromatic heterocycles. The molecule has 2 aliphatic rings. The minimum absolute atomic E-state index is 0.176. The number of rotatable bonds is 1. The minimum Gasteiger partial charge on any atom is -0.458 e. The van der Waals surface area contributed by atoms with Crippen LogP contribution in [0.4, 0.5) is 0 Å². The van der Waals surface area contributed by atoms with E-state index in [-0.39, 0.29) is 6.10 Å². The molecule has 0 radical (unpaired) electrons. The zero-order valence-corrected chi connectivity index (χ0v) is 10.0. The summed E-state index contributed by atoms with van der Waals surface area (Å²) in [6.45, 7) is 0. The molecule has 0 saturated carbocycles. The maximum Gasteiger partial charge on any atom is 0.238 e. The first-order chi connectivity index (χ1) is 8.87. The third kappa shape index (κ3) is 1.33.